The molecule has 98 valence electrons. The number of ether oxygens (including phenoxy) is 1. The third kappa shape index (κ3) is 2.19. The first-order valence-corrected chi connectivity index (χ1v) is 5.54. The highest BCUT2D eigenvalue weighted by molar-refractivity contribution is 5.60. The maximum atomic E-state index is 11.0. The normalized spacial score (nSPS) is 18.7. The third-order valence-electron chi connectivity index (χ3n) is 2.87. The lowest BCUT2D eigenvalue weighted by atomic mass is 10.0. The summed E-state index contributed by atoms with van der Waals surface area (Å²) in [6.07, 6.45) is 1.14. The molecule has 0 atom stereocenters. The van der Waals surface area contributed by atoms with E-state index in [-0.39, 0.29) is 23.0 Å². The molecule has 1 aromatic heterocycles. The Kier molecular flexibility index (Phi) is 3.04. The average Bonchev–Trinajstić information content (AvgIpc) is 2.27. The molecule has 1 saturated heterocycles. The molecule has 0 unspecified atom stereocenters. The fourth-order valence-electron chi connectivity index (χ4n) is 1.96. The van der Waals surface area contributed by atoms with Crippen LogP contribution in [-0.4, -0.2) is 40.2 Å². The highest BCUT2D eigenvalue weighted by atomic mass is 16.6. The number of anilines is 2. The van der Waals surface area contributed by atoms with Crippen LogP contribution in [0.2, 0.25) is 0 Å². The molecule has 1 aliphatic rings. The maximum absolute atomic E-state index is 11.0. The fraction of sp³-hybridized carbons (Fsp3) is 0.600. The molecule has 0 spiro atoms. The summed E-state index contributed by atoms with van der Waals surface area (Å²) < 4.78 is 5.38. The molecule has 1 aromatic rings. The first-order valence-electron chi connectivity index (χ1n) is 5.54. The average molecular weight is 253 g/mol. The number of nitrogens with two attached hydrogens (primary N) is 1. The molecule has 8 nitrogen and oxygen atoms in total. The third-order valence-corrected chi connectivity index (χ3v) is 2.87. The van der Waals surface area contributed by atoms with Crippen molar-refractivity contribution in [1.29, 1.82) is 0 Å². The summed E-state index contributed by atoms with van der Waals surface area (Å²) in [6, 6.07) is 0. The van der Waals surface area contributed by atoms with Crippen LogP contribution in [-0.2, 0) is 4.74 Å². The topological polar surface area (TPSA) is 107 Å². The van der Waals surface area contributed by atoms with Crippen LogP contribution in [0.4, 0.5) is 17.5 Å². The fourth-order valence-corrected chi connectivity index (χ4v) is 1.96. The first-order chi connectivity index (χ1) is 8.42. The van der Waals surface area contributed by atoms with Crippen LogP contribution < -0.4 is 10.6 Å². The summed E-state index contributed by atoms with van der Waals surface area (Å²) in [5.74, 6) is 0.277. The highest BCUT2D eigenvalue weighted by Crippen LogP contribution is 2.32. The van der Waals surface area contributed by atoms with Crippen molar-refractivity contribution >= 4 is 17.5 Å². The number of aromatic nitrogens is 2. The predicted octanol–water partition coefficient (Wildman–Crippen LogP) is 0.582. The molecular formula is C10H15N5O3. The number of nitrogen functional groups attached to an aromatic ring is 1. The Balaban J connectivity index is 2.48. The van der Waals surface area contributed by atoms with Crippen molar-refractivity contribution < 1.29 is 9.66 Å². The number of hydrogen-bond acceptors (Lipinski definition) is 7. The Bertz CT molecular complexity index is 477. The number of nitrogens with zero attached hydrogens (tertiary/aromatic N) is 4. The van der Waals surface area contributed by atoms with Gasteiger partial charge in [-0.2, -0.15) is 4.98 Å². The van der Waals surface area contributed by atoms with Crippen molar-refractivity contribution in [2.45, 2.75) is 19.4 Å². The van der Waals surface area contributed by atoms with Gasteiger partial charge in [-0.05, 0) is 13.8 Å². The molecule has 0 amide bonds. The molecule has 2 N–H and O–H groups in total. The van der Waals surface area contributed by atoms with Crippen LogP contribution in [0.25, 0.3) is 0 Å². The van der Waals surface area contributed by atoms with E-state index in [1.54, 1.807) is 0 Å². The summed E-state index contributed by atoms with van der Waals surface area (Å²) in [7, 11) is 0. The molecule has 0 saturated carbocycles. The zero-order valence-electron chi connectivity index (χ0n) is 10.3. The van der Waals surface area contributed by atoms with Gasteiger partial charge in [0.1, 0.15) is 6.20 Å². The molecule has 18 heavy (non-hydrogen) atoms. The monoisotopic (exact) mass is 253 g/mol. The number of rotatable bonds is 2. The van der Waals surface area contributed by atoms with E-state index in [0.29, 0.717) is 19.8 Å². The Morgan fingerprint density at radius 1 is 1.61 bits per heavy atom. The molecule has 1 fully saturated rings. The summed E-state index contributed by atoms with van der Waals surface area (Å²) in [6.45, 7) is 5.39. The van der Waals surface area contributed by atoms with Gasteiger partial charge in [-0.25, -0.2) is 4.98 Å². The van der Waals surface area contributed by atoms with Crippen molar-refractivity contribution in [2.24, 2.45) is 0 Å². The maximum Gasteiger partial charge on any atom is 0.329 e. The lowest BCUT2D eigenvalue weighted by Gasteiger charge is -2.42. The smallest absolute Gasteiger partial charge is 0.329 e. The Hall–Kier alpha value is -1.96. The van der Waals surface area contributed by atoms with Crippen molar-refractivity contribution in [2.75, 3.05) is 30.4 Å². The van der Waals surface area contributed by atoms with Crippen LogP contribution in [0.15, 0.2) is 6.20 Å². The summed E-state index contributed by atoms with van der Waals surface area (Å²) >= 11 is 0. The largest absolute Gasteiger partial charge is 0.377 e. The van der Waals surface area contributed by atoms with Gasteiger partial charge in [0.25, 0.3) is 0 Å². The lowest BCUT2D eigenvalue weighted by Crippen LogP contribution is -2.53. The van der Waals surface area contributed by atoms with Crippen molar-refractivity contribution in [3.63, 3.8) is 0 Å². The van der Waals surface area contributed by atoms with Crippen molar-refractivity contribution in [3.05, 3.63) is 16.3 Å². The number of nitro groups is 1. The van der Waals surface area contributed by atoms with Gasteiger partial charge in [0.05, 0.1) is 23.7 Å². The summed E-state index contributed by atoms with van der Waals surface area (Å²) in [5.41, 5.74) is 5.01. The van der Waals surface area contributed by atoms with Gasteiger partial charge in [-0.1, -0.05) is 0 Å². The van der Waals surface area contributed by atoms with E-state index < -0.39 is 4.92 Å². The zero-order chi connectivity index (χ0) is 13.3. The molecule has 2 rings (SSSR count). The van der Waals surface area contributed by atoms with Crippen molar-refractivity contribution in [3.8, 4) is 0 Å². The Morgan fingerprint density at radius 2 is 2.33 bits per heavy atom. The van der Waals surface area contributed by atoms with E-state index in [1.807, 2.05) is 18.7 Å². The molecule has 0 radical (unpaired) electrons. The predicted molar refractivity (Wildman–Crippen MR) is 65.3 cm³/mol. The van der Waals surface area contributed by atoms with Gasteiger partial charge in [0, 0.05) is 6.54 Å². The molecule has 0 bridgehead atoms. The molecular weight excluding hydrogens is 238 g/mol. The lowest BCUT2D eigenvalue weighted by molar-refractivity contribution is -0.384. The minimum atomic E-state index is -0.500. The second kappa shape index (κ2) is 4.37. The van der Waals surface area contributed by atoms with E-state index in [1.165, 1.54) is 0 Å². The van der Waals surface area contributed by atoms with E-state index in [4.69, 9.17) is 10.5 Å². The van der Waals surface area contributed by atoms with Gasteiger partial charge in [0.15, 0.2) is 0 Å². The SMILES string of the molecule is CC1(C)COCCN1c1nc(N)ncc1[N+](=O)[O-]. The Labute approximate surface area is 104 Å². The van der Waals surface area contributed by atoms with E-state index >= 15 is 0 Å². The van der Waals surface area contributed by atoms with Crippen LogP contribution in [0.1, 0.15) is 13.8 Å². The molecule has 0 aromatic carbocycles. The first kappa shape index (κ1) is 12.5. The number of morpholine rings is 1. The van der Waals surface area contributed by atoms with Gasteiger partial charge >= 0.3 is 5.69 Å². The highest BCUT2D eigenvalue weighted by Gasteiger charge is 2.35. The summed E-state index contributed by atoms with van der Waals surface area (Å²) in [5, 5.41) is 11.0. The quantitative estimate of drug-likeness (QED) is 0.606. The number of hydrogen-bond donors (Lipinski definition) is 1. The molecule has 0 aliphatic carbocycles. The van der Waals surface area contributed by atoms with Crippen LogP contribution in [0.5, 0.6) is 0 Å². The molecule has 8 heteroatoms. The summed E-state index contributed by atoms with van der Waals surface area (Å²) in [4.78, 5) is 20.0. The second-order valence-electron chi connectivity index (χ2n) is 4.71. The zero-order valence-corrected chi connectivity index (χ0v) is 10.3. The van der Waals surface area contributed by atoms with Crippen LogP contribution in [0.3, 0.4) is 0 Å². The van der Waals surface area contributed by atoms with E-state index in [0.717, 1.165) is 6.20 Å². The van der Waals surface area contributed by atoms with E-state index in [9.17, 15) is 10.1 Å². The molecule has 2 heterocycles. The van der Waals surface area contributed by atoms with Gasteiger partial charge in [0.2, 0.25) is 11.8 Å². The minimum absolute atomic E-state index is 0.0258. The van der Waals surface area contributed by atoms with Crippen LogP contribution in [0, 0.1) is 10.1 Å². The van der Waals surface area contributed by atoms with Gasteiger partial charge < -0.3 is 15.4 Å². The second-order valence-corrected chi connectivity index (χ2v) is 4.71. The Morgan fingerprint density at radius 3 is 2.94 bits per heavy atom. The minimum Gasteiger partial charge on any atom is -0.377 e. The van der Waals surface area contributed by atoms with Crippen molar-refractivity contribution in [1.82, 2.24) is 9.97 Å². The standard InChI is InChI=1S/C10H15N5O3/c1-10(2)6-18-4-3-14(10)8-7(15(16)17)5-12-9(11)13-8/h5H,3-4,6H2,1-2H3,(H2,11,12,13). The van der Waals surface area contributed by atoms with Crippen LogP contribution >= 0.6 is 0 Å². The van der Waals surface area contributed by atoms with E-state index in [2.05, 4.69) is 9.97 Å². The van der Waals surface area contributed by atoms with Gasteiger partial charge in [-0.3, -0.25) is 10.1 Å². The van der Waals surface area contributed by atoms with Gasteiger partial charge in [-0.15, -0.1) is 0 Å². The molecule has 1 aliphatic heterocycles.